The van der Waals surface area contributed by atoms with Crippen molar-refractivity contribution in [2.45, 2.75) is 6.92 Å². The summed E-state index contributed by atoms with van der Waals surface area (Å²) in [7, 11) is 0. The number of esters is 1. The molecule has 0 spiro atoms. The number of rotatable bonds is 8. The Bertz CT molecular complexity index is 825. The van der Waals surface area contributed by atoms with Crippen LogP contribution in [0, 0.1) is 5.82 Å². The highest BCUT2D eigenvalue weighted by Crippen LogP contribution is 2.17. The number of benzene rings is 2. The monoisotopic (exact) mass is 374 g/mol. The minimum Gasteiger partial charge on any atom is -0.493 e. The van der Waals surface area contributed by atoms with Crippen molar-refractivity contribution in [2.75, 3.05) is 25.1 Å². The molecule has 0 saturated carbocycles. The van der Waals surface area contributed by atoms with Gasteiger partial charge in [0, 0.05) is 5.69 Å². The first-order valence-electron chi connectivity index (χ1n) is 8.20. The van der Waals surface area contributed by atoms with Gasteiger partial charge in [0.05, 0.1) is 12.2 Å². The first kappa shape index (κ1) is 19.9. The van der Waals surface area contributed by atoms with E-state index in [0.29, 0.717) is 12.4 Å². The van der Waals surface area contributed by atoms with Gasteiger partial charge in [-0.15, -0.1) is 0 Å². The molecule has 0 saturated heterocycles. The third-order valence-electron chi connectivity index (χ3n) is 3.30. The van der Waals surface area contributed by atoms with Gasteiger partial charge in [-0.25, -0.2) is 4.39 Å². The van der Waals surface area contributed by atoms with E-state index in [4.69, 9.17) is 9.47 Å². The smallest absolute Gasteiger partial charge is 0.325 e. The lowest BCUT2D eigenvalue weighted by Crippen LogP contribution is -2.32. The third kappa shape index (κ3) is 6.43. The predicted octanol–water partition coefficient (Wildman–Crippen LogP) is 2.14. The lowest BCUT2D eigenvalue weighted by Gasteiger charge is -2.10. The number of hydrogen-bond donors (Lipinski definition) is 2. The lowest BCUT2D eigenvalue weighted by atomic mass is 10.2. The molecule has 0 fully saturated rings. The first-order valence-corrected chi connectivity index (χ1v) is 8.20. The predicted molar refractivity (Wildman–Crippen MR) is 95.9 cm³/mol. The zero-order valence-electron chi connectivity index (χ0n) is 14.7. The number of amides is 2. The molecule has 142 valence electrons. The fraction of sp³-hybridized carbons (Fsp3) is 0.211. The molecule has 0 heterocycles. The van der Waals surface area contributed by atoms with Gasteiger partial charge in [0.15, 0.2) is 6.61 Å². The van der Waals surface area contributed by atoms with Crippen LogP contribution in [0.15, 0.2) is 48.5 Å². The fourth-order valence-electron chi connectivity index (χ4n) is 2.14. The van der Waals surface area contributed by atoms with Gasteiger partial charge in [0.25, 0.3) is 11.8 Å². The Morgan fingerprint density at radius 3 is 2.59 bits per heavy atom. The van der Waals surface area contributed by atoms with Crippen molar-refractivity contribution < 1.29 is 28.2 Å². The molecule has 0 aromatic heterocycles. The number of carbonyl (C=O) groups is 3. The van der Waals surface area contributed by atoms with Crippen molar-refractivity contribution in [1.82, 2.24) is 5.32 Å². The summed E-state index contributed by atoms with van der Waals surface area (Å²) in [6, 6.07) is 11.9. The third-order valence-corrected chi connectivity index (χ3v) is 3.30. The minimum absolute atomic E-state index is 0.247. The molecule has 0 aliphatic heterocycles. The molecule has 0 aliphatic rings. The Hall–Kier alpha value is -3.42. The number of para-hydroxylation sites is 1. The van der Waals surface area contributed by atoms with Gasteiger partial charge in [-0.05, 0) is 37.3 Å². The molecule has 0 atom stereocenters. The summed E-state index contributed by atoms with van der Waals surface area (Å²) in [5.74, 6) is -2.01. The number of hydrogen-bond acceptors (Lipinski definition) is 5. The highest BCUT2D eigenvalue weighted by molar-refractivity contribution is 5.98. The zero-order valence-corrected chi connectivity index (χ0v) is 14.7. The molecule has 0 radical (unpaired) electrons. The maximum absolute atomic E-state index is 13.0. The summed E-state index contributed by atoms with van der Waals surface area (Å²) in [5, 5.41) is 4.79. The second kappa shape index (κ2) is 9.91. The highest BCUT2D eigenvalue weighted by Gasteiger charge is 2.14. The summed E-state index contributed by atoms with van der Waals surface area (Å²) in [6.45, 7) is 1.22. The van der Waals surface area contributed by atoms with E-state index < -0.39 is 36.8 Å². The molecule has 27 heavy (non-hydrogen) atoms. The minimum atomic E-state index is -0.786. The Labute approximate surface area is 155 Å². The van der Waals surface area contributed by atoms with E-state index in [1.54, 1.807) is 31.2 Å². The van der Waals surface area contributed by atoms with Gasteiger partial charge in [-0.1, -0.05) is 18.2 Å². The van der Waals surface area contributed by atoms with E-state index in [1.807, 2.05) is 0 Å². The van der Waals surface area contributed by atoms with Gasteiger partial charge < -0.3 is 20.1 Å². The van der Waals surface area contributed by atoms with E-state index in [-0.39, 0.29) is 11.3 Å². The molecule has 2 aromatic carbocycles. The molecule has 0 aliphatic carbocycles. The van der Waals surface area contributed by atoms with Gasteiger partial charge in [0.1, 0.15) is 18.1 Å². The number of halogens is 1. The van der Waals surface area contributed by atoms with E-state index in [1.165, 1.54) is 18.2 Å². The largest absolute Gasteiger partial charge is 0.493 e. The number of anilines is 1. The van der Waals surface area contributed by atoms with Crippen LogP contribution < -0.4 is 15.4 Å². The second-order valence-corrected chi connectivity index (χ2v) is 5.33. The average Bonchev–Trinajstić information content (AvgIpc) is 2.65. The summed E-state index contributed by atoms with van der Waals surface area (Å²) in [6.07, 6.45) is 0. The molecule has 2 rings (SSSR count). The lowest BCUT2D eigenvalue weighted by molar-refractivity contribution is -0.146. The van der Waals surface area contributed by atoms with Gasteiger partial charge >= 0.3 is 5.97 Å². The first-order chi connectivity index (χ1) is 13.0. The Morgan fingerprint density at radius 1 is 1.07 bits per heavy atom. The molecule has 7 nitrogen and oxygen atoms in total. The molecule has 8 heteroatoms. The maximum Gasteiger partial charge on any atom is 0.325 e. The summed E-state index contributed by atoms with van der Waals surface area (Å²) in [4.78, 5) is 35.5. The maximum atomic E-state index is 13.0. The molecular formula is C19H19FN2O5. The molecule has 0 bridgehead atoms. The van der Waals surface area contributed by atoms with E-state index in [9.17, 15) is 18.8 Å². The van der Waals surface area contributed by atoms with E-state index >= 15 is 0 Å². The van der Waals surface area contributed by atoms with Crippen LogP contribution in [0.3, 0.4) is 0 Å². The SMILES string of the molecule is CCOc1ccccc1C(=O)NCC(=O)OCC(=O)Nc1cccc(F)c1. The zero-order chi connectivity index (χ0) is 19.6. The Morgan fingerprint density at radius 2 is 1.85 bits per heavy atom. The van der Waals surface area contributed by atoms with Crippen LogP contribution in [0.25, 0.3) is 0 Å². The van der Waals surface area contributed by atoms with Crippen molar-refractivity contribution in [2.24, 2.45) is 0 Å². The standard InChI is InChI=1S/C19H19FN2O5/c1-2-26-16-9-4-3-8-15(16)19(25)21-11-18(24)27-12-17(23)22-14-7-5-6-13(20)10-14/h3-10H,2,11-12H2,1H3,(H,21,25)(H,22,23). The summed E-state index contributed by atoms with van der Waals surface area (Å²) in [5.41, 5.74) is 0.535. The van der Waals surface area contributed by atoms with E-state index in [0.717, 1.165) is 6.07 Å². The van der Waals surface area contributed by atoms with Gasteiger partial charge in [-0.2, -0.15) is 0 Å². The second-order valence-electron chi connectivity index (χ2n) is 5.33. The van der Waals surface area contributed by atoms with Gasteiger partial charge in [0.2, 0.25) is 0 Å². The molecular weight excluding hydrogens is 355 g/mol. The summed E-state index contributed by atoms with van der Waals surface area (Å²) < 4.78 is 23.2. The van der Waals surface area contributed by atoms with Gasteiger partial charge in [-0.3, -0.25) is 14.4 Å². The van der Waals surface area contributed by atoms with Crippen molar-refractivity contribution in [1.29, 1.82) is 0 Å². The molecule has 2 N–H and O–H groups in total. The Balaban J connectivity index is 1.77. The van der Waals surface area contributed by atoms with Crippen molar-refractivity contribution >= 4 is 23.5 Å². The number of nitrogens with one attached hydrogen (secondary N) is 2. The number of carbonyl (C=O) groups excluding carboxylic acids is 3. The van der Waals surface area contributed by atoms with Crippen molar-refractivity contribution in [3.8, 4) is 5.75 Å². The normalized spacial score (nSPS) is 10.0. The van der Waals surface area contributed by atoms with Crippen molar-refractivity contribution in [3.05, 3.63) is 59.9 Å². The summed E-state index contributed by atoms with van der Waals surface area (Å²) >= 11 is 0. The van der Waals surface area contributed by atoms with Crippen LogP contribution in [0.2, 0.25) is 0 Å². The topological polar surface area (TPSA) is 93.7 Å². The van der Waals surface area contributed by atoms with Crippen molar-refractivity contribution in [3.63, 3.8) is 0 Å². The van der Waals surface area contributed by atoms with Crippen LogP contribution in [0.1, 0.15) is 17.3 Å². The molecule has 0 unspecified atom stereocenters. The highest BCUT2D eigenvalue weighted by atomic mass is 19.1. The van der Waals surface area contributed by atoms with E-state index in [2.05, 4.69) is 10.6 Å². The van der Waals surface area contributed by atoms with Crippen LogP contribution in [0.5, 0.6) is 5.75 Å². The molecule has 2 aromatic rings. The van der Waals surface area contributed by atoms with Crippen LogP contribution in [-0.4, -0.2) is 37.5 Å². The van der Waals surface area contributed by atoms with Crippen LogP contribution >= 0.6 is 0 Å². The molecule has 2 amide bonds. The Kier molecular flexibility index (Phi) is 7.30. The van der Waals surface area contributed by atoms with Crippen LogP contribution in [-0.2, 0) is 14.3 Å². The van der Waals surface area contributed by atoms with Crippen LogP contribution in [0.4, 0.5) is 10.1 Å². The number of ether oxygens (including phenoxy) is 2. The average molecular weight is 374 g/mol. The fourth-order valence-corrected chi connectivity index (χ4v) is 2.14. The quantitative estimate of drug-likeness (QED) is 0.691.